The van der Waals surface area contributed by atoms with E-state index in [1.807, 2.05) is 6.07 Å². The van der Waals surface area contributed by atoms with Gasteiger partial charge in [0.15, 0.2) is 16.9 Å². The Morgan fingerprint density at radius 3 is 2.15 bits per heavy atom. The van der Waals surface area contributed by atoms with Crippen molar-refractivity contribution in [2.24, 2.45) is 0 Å². The van der Waals surface area contributed by atoms with E-state index in [1.165, 1.54) is 13.0 Å². The highest BCUT2D eigenvalue weighted by molar-refractivity contribution is 5.89. The number of fused-ring (bicyclic) bond motifs is 1. The fourth-order valence-electron chi connectivity index (χ4n) is 2.02. The molecule has 0 fully saturated rings. The molecule has 5 N–H and O–H groups in total. The Morgan fingerprint density at radius 2 is 1.62 bits per heavy atom. The van der Waals surface area contributed by atoms with Gasteiger partial charge in [0.25, 0.3) is 0 Å². The Bertz CT molecular complexity index is 989. The molecular formula is C18H16O8. The molecule has 0 aliphatic carbocycles. The number of benzene rings is 2. The van der Waals surface area contributed by atoms with E-state index in [0.29, 0.717) is 11.3 Å². The zero-order valence-electron chi connectivity index (χ0n) is 13.6. The van der Waals surface area contributed by atoms with E-state index in [0.717, 1.165) is 6.07 Å². The van der Waals surface area contributed by atoms with Gasteiger partial charge in [0.05, 0.1) is 0 Å². The topological polar surface area (TPSA) is 148 Å². The highest BCUT2D eigenvalue weighted by Crippen LogP contribution is 2.40. The SMILES string of the molecule is CC(O)C(=O)O.O=c1cc(-c2ccccc2)oc2cc(O)c(O)c(O)c12. The number of aliphatic hydroxyl groups excluding tert-OH is 1. The number of aromatic hydroxyl groups is 3. The molecule has 0 radical (unpaired) electrons. The molecule has 26 heavy (non-hydrogen) atoms. The van der Waals surface area contributed by atoms with Crippen LogP contribution in [0.4, 0.5) is 0 Å². The van der Waals surface area contributed by atoms with Crippen molar-refractivity contribution in [3.63, 3.8) is 0 Å². The van der Waals surface area contributed by atoms with Crippen molar-refractivity contribution in [1.82, 2.24) is 0 Å². The van der Waals surface area contributed by atoms with Gasteiger partial charge in [-0.25, -0.2) is 4.79 Å². The van der Waals surface area contributed by atoms with Crippen LogP contribution < -0.4 is 5.43 Å². The van der Waals surface area contributed by atoms with E-state index in [4.69, 9.17) is 14.6 Å². The summed E-state index contributed by atoms with van der Waals surface area (Å²) >= 11 is 0. The van der Waals surface area contributed by atoms with Crippen molar-refractivity contribution in [2.75, 3.05) is 0 Å². The molecule has 8 nitrogen and oxygen atoms in total. The number of aliphatic carboxylic acids is 1. The molecule has 2 aromatic carbocycles. The summed E-state index contributed by atoms with van der Waals surface area (Å²) < 4.78 is 5.51. The highest BCUT2D eigenvalue weighted by Gasteiger charge is 2.17. The number of rotatable bonds is 2. The van der Waals surface area contributed by atoms with E-state index in [9.17, 15) is 24.9 Å². The molecule has 0 bridgehead atoms. The average Bonchev–Trinajstić information content (AvgIpc) is 2.60. The predicted molar refractivity (Wildman–Crippen MR) is 92.2 cm³/mol. The molecule has 0 saturated heterocycles. The lowest BCUT2D eigenvalue weighted by Gasteiger charge is -2.06. The van der Waals surface area contributed by atoms with Crippen LogP contribution in [0.5, 0.6) is 17.2 Å². The molecule has 0 aliphatic rings. The van der Waals surface area contributed by atoms with E-state index in [1.54, 1.807) is 24.3 Å². The third kappa shape index (κ3) is 3.93. The van der Waals surface area contributed by atoms with Crippen LogP contribution in [0.15, 0.2) is 51.7 Å². The van der Waals surface area contributed by atoms with E-state index in [2.05, 4.69) is 0 Å². The smallest absolute Gasteiger partial charge is 0.332 e. The fraction of sp³-hybridized carbons (Fsp3) is 0.111. The van der Waals surface area contributed by atoms with Crippen LogP contribution in [0.2, 0.25) is 0 Å². The van der Waals surface area contributed by atoms with Crippen molar-refractivity contribution in [1.29, 1.82) is 0 Å². The lowest BCUT2D eigenvalue weighted by Crippen LogP contribution is -2.13. The van der Waals surface area contributed by atoms with E-state index in [-0.39, 0.29) is 11.0 Å². The molecule has 1 heterocycles. The fourth-order valence-corrected chi connectivity index (χ4v) is 2.02. The summed E-state index contributed by atoms with van der Waals surface area (Å²) in [4.78, 5) is 21.5. The average molecular weight is 360 g/mol. The van der Waals surface area contributed by atoms with Crippen molar-refractivity contribution in [3.8, 4) is 28.6 Å². The van der Waals surface area contributed by atoms with Gasteiger partial charge in [-0.2, -0.15) is 0 Å². The van der Waals surface area contributed by atoms with Gasteiger partial charge in [0.2, 0.25) is 5.75 Å². The van der Waals surface area contributed by atoms with Crippen molar-refractivity contribution in [3.05, 3.63) is 52.7 Å². The Labute approximate surface area is 146 Å². The molecule has 1 aromatic heterocycles. The normalized spacial score (nSPS) is 11.5. The Morgan fingerprint density at radius 1 is 1.04 bits per heavy atom. The van der Waals surface area contributed by atoms with Gasteiger partial charge < -0.3 is 29.9 Å². The van der Waals surface area contributed by atoms with Gasteiger partial charge in [0.1, 0.15) is 22.8 Å². The molecule has 1 atom stereocenters. The molecular weight excluding hydrogens is 344 g/mol. The summed E-state index contributed by atoms with van der Waals surface area (Å²) in [5, 5.41) is 44.2. The second-order valence-electron chi connectivity index (χ2n) is 5.32. The third-order valence-corrected chi connectivity index (χ3v) is 3.36. The second-order valence-corrected chi connectivity index (χ2v) is 5.32. The lowest BCUT2D eigenvalue weighted by molar-refractivity contribution is -0.145. The van der Waals surface area contributed by atoms with Crippen LogP contribution >= 0.6 is 0 Å². The molecule has 0 spiro atoms. The molecule has 3 aromatic rings. The first-order valence-electron chi connectivity index (χ1n) is 7.40. The summed E-state index contributed by atoms with van der Waals surface area (Å²) in [6.45, 7) is 1.20. The monoisotopic (exact) mass is 360 g/mol. The summed E-state index contributed by atoms with van der Waals surface area (Å²) in [6.07, 6.45) is -1.23. The predicted octanol–water partition coefficient (Wildman–Crippen LogP) is 2.03. The van der Waals surface area contributed by atoms with E-state index < -0.39 is 34.8 Å². The number of carbonyl (C=O) groups is 1. The number of carboxylic acid groups (broad SMARTS) is 1. The van der Waals surface area contributed by atoms with Gasteiger partial charge in [-0.1, -0.05) is 30.3 Å². The first-order chi connectivity index (χ1) is 12.2. The Kier molecular flexibility index (Phi) is 5.48. The Balaban J connectivity index is 0.000000352. The van der Waals surface area contributed by atoms with Gasteiger partial charge in [-0.3, -0.25) is 4.79 Å². The van der Waals surface area contributed by atoms with Crippen molar-refractivity contribution >= 4 is 16.9 Å². The molecule has 136 valence electrons. The lowest BCUT2D eigenvalue weighted by atomic mass is 10.1. The number of phenolic OH excluding ortho intramolecular Hbond substituents is 3. The largest absolute Gasteiger partial charge is 0.504 e. The number of phenols is 3. The Hall–Kier alpha value is -3.52. The first-order valence-corrected chi connectivity index (χ1v) is 7.40. The van der Waals surface area contributed by atoms with Crippen molar-refractivity contribution < 1.29 is 34.7 Å². The quantitative estimate of drug-likeness (QED) is 0.436. The summed E-state index contributed by atoms with van der Waals surface area (Å²) in [7, 11) is 0. The molecule has 8 heteroatoms. The standard InChI is InChI=1S/C15H10O5.C3H6O3/c16-9-6-11(8-4-2-1-3-5-8)20-12-7-10(17)14(18)15(19)13(9)12;1-2(4)3(5)6/h1-7,17-19H;2,4H,1H3,(H,5,6). The van der Waals surface area contributed by atoms with Crippen LogP contribution in [0, 0.1) is 0 Å². The number of hydrogen-bond acceptors (Lipinski definition) is 7. The summed E-state index contributed by atoms with van der Waals surface area (Å²) in [6, 6.07) is 11.3. The molecule has 0 aliphatic heterocycles. The number of aliphatic hydroxyl groups is 1. The van der Waals surface area contributed by atoms with Gasteiger partial charge in [-0.05, 0) is 6.92 Å². The summed E-state index contributed by atoms with van der Waals surface area (Å²) in [5.74, 6) is -2.85. The number of hydrogen-bond donors (Lipinski definition) is 5. The first kappa shape index (κ1) is 18.8. The minimum atomic E-state index is -1.23. The minimum absolute atomic E-state index is 0.00385. The van der Waals surface area contributed by atoms with Crippen molar-refractivity contribution in [2.45, 2.75) is 13.0 Å². The summed E-state index contributed by atoms with van der Waals surface area (Å²) in [5.41, 5.74) is 0.195. The second kappa shape index (κ2) is 7.58. The zero-order valence-corrected chi connectivity index (χ0v) is 13.6. The van der Waals surface area contributed by atoms with Crippen LogP contribution in [0.1, 0.15) is 6.92 Å². The van der Waals surface area contributed by atoms with Crippen LogP contribution in [-0.4, -0.2) is 37.6 Å². The third-order valence-electron chi connectivity index (χ3n) is 3.36. The maximum absolute atomic E-state index is 12.0. The van der Waals surface area contributed by atoms with Gasteiger partial charge in [0, 0.05) is 17.7 Å². The maximum atomic E-state index is 12.0. The molecule has 0 amide bonds. The van der Waals surface area contributed by atoms with Crippen LogP contribution in [-0.2, 0) is 4.79 Å². The zero-order chi connectivity index (χ0) is 19.4. The van der Waals surface area contributed by atoms with Gasteiger partial charge in [-0.15, -0.1) is 0 Å². The van der Waals surface area contributed by atoms with E-state index >= 15 is 0 Å². The maximum Gasteiger partial charge on any atom is 0.332 e. The highest BCUT2D eigenvalue weighted by atomic mass is 16.4. The molecule has 3 rings (SSSR count). The molecule has 1 unspecified atom stereocenters. The minimum Gasteiger partial charge on any atom is -0.504 e. The van der Waals surface area contributed by atoms with Crippen LogP contribution in [0.3, 0.4) is 0 Å². The molecule has 0 saturated carbocycles. The van der Waals surface area contributed by atoms with Crippen LogP contribution in [0.25, 0.3) is 22.3 Å². The number of carboxylic acids is 1. The van der Waals surface area contributed by atoms with Gasteiger partial charge >= 0.3 is 5.97 Å².